The summed E-state index contributed by atoms with van der Waals surface area (Å²) in [6, 6.07) is -0.147. The van der Waals surface area contributed by atoms with Gasteiger partial charge in [-0.1, -0.05) is 26.2 Å². The van der Waals surface area contributed by atoms with Crippen LogP contribution in [0.4, 0.5) is 4.79 Å². The first-order valence-corrected chi connectivity index (χ1v) is 9.20. The number of amides is 2. The zero-order valence-corrected chi connectivity index (χ0v) is 14.4. The van der Waals surface area contributed by atoms with Crippen molar-refractivity contribution in [1.82, 2.24) is 30.4 Å². The average molecular weight is 336 g/mol. The van der Waals surface area contributed by atoms with Crippen LogP contribution in [0.2, 0.25) is 0 Å². The number of likely N-dealkylation sites (tertiary alicyclic amines) is 1. The van der Waals surface area contributed by atoms with Gasteiger partial charge in [0.1, 0.15) is 0 Å². The van der Waals surface area contributed by atoms with E-state index in [9.17, 15) is 9.90 Å². The fraction of sp³-hybridized carbons (Fsp3) is 0.875. The number of nitrogens with zero attached hydrogens (tertiary/aromatic N) is 5. The minimum atomic E-state index is -0.160. The van der Waals surface area contributed by atoms with Crippen molar-refractivity contribution in [3.05, 3.63) is 5.82 Å². The molecule has 8 heteroatoms. The second-order valence-electron chi connectivity index (χ2n) is 6.88. The third-order valence-electron chi connectivity index (χ3n) is 5.21. The van der Waals surface area contributed by atoms with Gasteiger partial charge >= 0.3 is 6.03 Å². The molecule has 134 valence electrons. The number of aliphatic hydroxyl groups excluding tert-OH is 1. The van der Waals surface area contributed by atoms with Crippen LogP contribution in [0.1, 0.15) is 70.2 Å². The maximum absolute atomic E-state index is 12.8. The molecule has 0 bridgehead atoms. The monoisotopic (exact) mass is 336 g/mol. The summed E-state index contributed by atoms with van der Waals surface area (Å²) in [5.41, 5.74) is 0. The molecule has 8 nitrogen and oxygen atoms in total. The number of nitrogens with one attached hydrogen (secondary N) is 1. The van der Waals surface area contributed by atoms with Crippen LogP contribution in [0.25, 0.3) is 0 Å². The fourth-order valence-electron chi connectivity index (χ4n) is 3.86. The summed E-state index contributed by atoms with van der Waals surface area (Å²) in [4.78, 5) is 14.6. The van der Waals surface area contributed by atoms with E-state index in [1.165, 1.54) is 12.8 Å². The number of urea groups is 1. The molecule has 2 heterocycles. The normalized spacial score (nSPS) is 24.7. The lowest BCUT2D eigenvalue weighted by Crippen LogP contribution is -2.48. The van der Waals surface area contributed by atoms with Crippen LogP contribution in [0.3, 0.4) is 0 Å². The highest BCUT2D eigenvalue weighted by molar-refractivity contribution is 5.75. The first kappa shape index (κ1) is 17.1. The SMILES string of the molecule is CCCCn1nnnc1[C@H]1CC[C@@H](CO)N1C(=O)NC1CCCC1. The van der Waals surface area contributed by atoms with Gasteiger partial charge < -0.3 is 15.3 Å². The number of hydrogen-bond donors (Lipinski definition) is 2. The van der Waals surface area contributed by atoms with E-state index in [1.807, 2.05) is 4.68 Å². The molecule has 1 aromatic rings. The van der Waals surface area contributed by atoms with Crippen molar-refractivity contribution < 1.29 is 9.90 Å². The Labute approximate surface area is 142 Å². The number of unbranched alkanes of at least 4 members (excludes halogenated alkanes) is 1. The van der Waals surface area contributed by atoms with Crippen LogP contribution in [-0.2, 0) is 6.54 Å². The van der Waals surface area contributed by atoms with Gasteiger partial charge in [-0.25, -0.2) is 9.48 Å². The molecule has 2 atom stereocenters. The molecule has 1 saturated heterocycles. The predicted octanol–water partition coefficient (Wildman–Crippen LogP) is 1.62. The molecule has 2 aliphatic rings. The molecule has 2 fully saturated rings. The van der Waals surface area contributed by atoms with E-state index in [4.69, 9.17) is 0 Å². The van der Waals surface area contributed by atoms with Gasteiger partial charge in [-0.05, 0) is 42.5 Å². The molecule has 2 N–H and O–H groups in total. The summed E-state index contributed by atoms with van der Waals surface area (Å²) in [7, 11) is 0. The molecule has 1 aliphatic carbocycles. The first-order chi connectivity index (χ1) is 11.7. The fourth-order valence-corrected chi connectivity index (χ4v) is 3.86. The van der Waals surface area contributed by atoms with Gasteiger partial charge in [0.2, 0.25) is 0 Å². The van der Waals surface area contributed by atoms with E-state index in [-0.39, 0.29) is 30.8 Å². The molecule has 1 saturated carbocycles. The Morgan fingerprint density at radius 2 is 2.08 bits per heavy atom. The van der Waals surface area contributed by atoms with E-state index in [2.05, 4.69) is 27.8 Å². The van der Waals surface area contributed by atoms with E-state index in [1.54, 1.807) is 4.90 Å². The number of tetrazole rings is 1. The van der Waals surface area contributed by atoms with Crippen LogP contribution in [0, 0.1) is 0 Å². The standard InChI is InChI=1S/C16H28N6O2/c1-2-3-10-21-15(18-19-20-21)14-9-8-13(11-23)22(14)16(24)17-12-6-4-5-7-12/h12-14,23H,2-11H2,1H3,(H,17,24)/t13-,14+/m0/s1. The summed E-state index contributed by atoms with van der Waals surface area (Å²) in [5, 5.41) is 24.9. The molecule has 3 rings (SSSR count). The molecule has 1 aromatic heterocycles. The van der Waals surface area contributed by atoms with Crippen molar-refractivity contribution in [2.75, 3.05) is 6.61 Å². The first-order valence-electron chi connectivity index (χ1n) is 9.20. The third kappa shape index (κ3) is 3.53. The largest absolute Gasteiger partial charge is 0.394 e. The minimum absolute atomic E-state index is 0.0227. The number of aryl methyl sites for hydroxylation is 1. The maximum Gasteiger partial charge on any atom is 0.318 e. The Bertz CT molecular complexity index is 542. The molecular formula is C16H28N6O2. The number of carbonyl (C=O) groups is 1. The van der Waals surface area contributed by atoms with Crippen LogP contribution in [-0.4, -0.2) is 54.9 Å². The van der Waals surface area contributed by atoms with Crippen LogP contribution in [0.5, 0.6) is 0 Å². The van der Waals surface area contributed by atoms with Gasteiger partial charge in [0, 0.05) is 12.6 Å². The van der Waals surface area contributed by atoms with Crippen molar-refractivity contribution >= 4 is 6.03 Å². The zero-order valence-electron chi connectivity index (χ0n) is 14.4. The van der Waals surface area contributed by atoms with Crippen molar-refractivity contribution in [2.24, 2.45) is 0 Å². The van der Waals surface area contributed by atoms with Crippen molar-refractivity contribution in [1.29, 1.82) is 0 Å². The van der Waals surface area contributed by atoms with Gasteiger partial charge in [-0.2, -0.15) is 0 Å². The summed E-state index contributed by atoms with van der Waals surface area (Å²) < 4.78 is 1.81. The lowest BCUT2D eigenvalue weighted by atomic mass is 10.2. The lowest BCUT2D eigenvalue weighted by Gasteiger charge is -2.30. The number of aromatic nitrogens is 4. The molecule has 0 aromatic carbocycles. The molecule has 24 heavy (non-hydrogen) atoms. The molecule has 0 unspecified atom stereocenters. The predicted molar refractivity (Wildman–Crippen MR) is 88.2 cm³/mol. The summed E-state index contributed by atoms with van der Waals surface area (Å²) >= 11 is 0. The van der Waals surface area contributed by atoms with Gasteiger partial charge in [0.25, 0.3) is 0 Å². The van der Waals surface area contributed by atoms with E-state index in [0.717, 1.165) is 50.9 Å². The molecule has 2 amide bonds. The highest BCUT2D eigenvalue weighted by Gasteiger charge is 2.40. The Hall–Kier alpha value is -1.70. The second-order valence-corrected chi connectivity index (χ2v) is 6.88. The van der Waals surface area contributed by atoms with Crippen molar-refractivity contribution in [3.8, 4) is 0 Å². The summed E-state index contributed by atoms with van der Waals surface area (Å²) in [6.45, 7) is 2.87. The van der Waals surface area contributed by atoms with Gasteiger partial charge in [0.15, 0.2) is 5.82 Å². The molecule has 0 spiro atoms. The average Bonchev–Trinajstić information content (AvgIpc) is 3.31. The van der Waals surface area contributed by atoms with Crippen LogP contribution < -0.4 is 5.32 Å². The van der Waals surface area contributed by atoms with Gasteiger partial charge in [-0.3, -0.25) is 0 Å². The topological polar surface area (TPSA) is 96.2 Å². The Morgan fingerprint density at radius 3 is 2.79 bits per heavy atom. The number of carbonyl (C=O) groups excluding carboxylic acids is 1. The maximum atomic E-state index is 12.8. The Morgan fingerprint density at radius 1 is 1.29 bits per heavy atom. The van der Waals surface area contributed by atoms with Gasteiger partial charge in [-0.15, -0.1) is 5.10 Å². The smallest absolute Gasteiger partial charge is 0.318 e. The van der Waals surface area contributed by atoms with Gasteiger partial charge in [0.05, 0.1) is 18.7 Å². The quantitative estimate of drug-likeness (QED) is 0.823. The van der Waals surface area contributed by atoms with E-state index >= 15 is 0 Å². The van der Waals surface area contributed by atoms with Crippen molar-refractivity contribution in [3.63, 3.8) is 0 Å². The number of aliphatic hydroxyl groups is 1. The number of rotatable bonds is 6. The minimum Gasteiger partial charge on any atom is -0.394 e. The highest BCUT2D eigenvalue weighted by Crippen LogP contribution is 2.35. The molecule has 0 radical (unpaired) electrons. The highest BCUT2D eigenvalue weighted by atomic mass is 16.3. The second kappa shape index (κ2) is 7.92. The van der Waals surface area contributed by atoms with E-state index < -0.39 is 0 Å². The Kier molecular flexibility index (Phi) is 5.65. The number of hydrogen-bond acceptors (Lipinski definition) is 5. The summed E-state index contributed by atoms with van der Waals surface area (Å²) in [6.07, 6.45) is 8.07. The molecular weight excluding hydrogens is 308 g/mol. The van der Waals surface area contributed by atoms with Crippen molar-refractivity contribution in [2.45, 2.75) is 83.0 Å². The zero-order chi connectivity index (χ0) is 16.9. The Balaban J connectivity index is 1.75. The molecule has 1 aliphatic heterocycles. The summed E-state index contributed by atoms with van der Waals surface area (Å²) in [5.74, 6) is 0.737. The van der Waals surface area contributed by atoms with Crippen LogP contribution >= 0.6 is 0 Å². The lowest BCUT2D eigenvalue weighted by molar-refractivity contribution is 0.132. The van der Waals surface area contributed by atoms with Crippen LogP contribution in [0.15, 0.2) is 0 Å². The van der Waals surface area contributed by atoms with E-state index in [0.29, 0.717) is 0 Å². The third-order valence-corrected chi connectivity index (χ3v) is 5.21.